The first-order valence-electron chi connectivity index (χ1n) is 8.24. The first-order valence-corrected chi connectivity index (χ1v) is 8.24. The topological polar surface area (TPSA) is 41.6 Å². The Balaban J connectivity index is 2.04. The van der Waals surface area contributed by atoms with Crippen LogP contribution in [0.5, 0.6) is 0 Å². The normalized spacial score (nSPS) is 23.3. The average molecular weight is 340 g/mol. The highest BCUT2D eigenvalue weighted by atomic mass is 19.3. The monoisotopic (exact) mass is 340 g/mol. The highest BCUT2D eigenvalue weighted by Gasteiger charge is 2.41. The molecule has 0 saturated carbocycles. The molecule has 1 N–H and O–H groups in total. The zero-order valence-electron chi connectivity index (χ0n) is 14.6. The average Bonchev–Trinajstić information content (AvgIpc) is 2.89. The minimum atomic E-state index is -2.49. The Morgan fingerprint density at radius 3 is 2.42 bits per heavy atom. The molecule has 0 bridgehead atoms. The number of alkyl carbamates (subject to hydrolysis) is 1. The lowest BCUT2D eigenvalue weighted by Gasteiger charge is -2.25. The van der Waals surface area contributed by atoms with Gasteiger partial charge in [-0.15, -0.1) is 0 Å². The fraction of sp³-hybridized carbons (Fsp3) is 0.611. The smallest absolute Gasteiger partial charge is 0.407 e. The van der Waals surface area contributed by atoms with Gasteiger partial charge in [0.05, 0.1) is 12.0 Å². The van der Waals surface area contributed by atoms with Crippen LogP contribution in [0.15, 0.2) is 30.3 Å². The molecule has 134 valence electrons. The van der Waals surface area contributed by atoms with Gasteiger partial charge in [0, 0.05) is 19.1 Å². The number of carbonyl (C=O) groups excluding carboxylic acids is 1. The number of halogens is 2. The SMILES string of the molecule is C[C@H](c1ccccc1)N1C[C@H](C(F)F)[C@H](NC(=O)OC(C)(C)C)C1. The maximum absolute atomic E-state index is 13.4. The summed E-state index contributed by atoms with van der Waals surface area (Å²) in [6.07, 6.45) is -3.13. The zero-order chi connectivity index (χ0) is 17.9. The van der Waals surface area contributed by atoms with E-state index in [4.69, 9.17) is 4.74 Å². The van der Waals surface area contributed by atoms with Crippen LogP contribution in [0.25, 0.3) is 0 Å². The number of ether oxygens (including phenoxy) is 1. The second-order valence-corrected chi connectivity index (χ2v) is 7.29. The first-order chi connectivity index (χ1) is 11.2. The van der Waals surface area contributed by atoms with Gasteiger partial charge in [0.15, 0.2) is 0 Å². The van der Waals surface area contributed by atoms with Crippen molar-refractivity contribution in [3.63, 3.8) is 0 Å². The van der Waals surface area contributed by atoms with E-state index in [0.717, 1.165) is 5.56 Å². The van der Waals surface area contributed by atoms with Crippen LogP contribution in [-0.4, -0.2) is 42.2 Å². The Morgan fingerprint density at radius 1 is 1.25 bits per heavy atom. The Morgan fingerprint density at radius 2 is 1.88 bits per heavy atom. The van der Waals surface area contributed by atoms with E-state index in [1.807, 2.05) is 42.2 Å². The van der Waals surface area contributed by atoms with Crippen LogP contribution in [-0.2, 0) is 4.74 Å². The van der Waals surface area contributed by atoms with Crippen molar-refractivity contribution < 1.29 is 18.3 Å². The van der Waals surface area contributed by atoms with Gasteiger partial charge in [-0.1, -0.05) is 30.3 Å². The van der Waals surface area contributed by atoms with Crippen molar-refractivity contribution in [1.82, 2.24) is 10.2 Å². The van der Waals surface area contributed by atoms with Crippen LogP contribution < -0.4 is 5.32 Å². The molecule has 4 nitrogen and oxygen atoms in total. The molecular formula is C18H26F2N2O2. The van der Waals surface area contributed by atoms with E-state index in [-0.39, 0.29) is 12.6 Å². The molecule has 1 aromatic carbocycles. The lowest BCUT2D eigenvalue weighted by molar-refractivity contribution is 0.0406. The van der Waals surface area contributed by atoms with Gasteiger partial charge < -0.3 is 10.1 Å². The third-order valence-electron chi connectivity index (χ3n) is 4.25. The van der Waals surface area contributed by atoms with E-state index in [0.29, 0.717) is 6.54 Å². The number of hydrogen-bond donors (Lipinski definition) is 1. The highest BCUT2D eigenvalue weighted by molar-refractivity contribution is 5.68. The molecule has 1 amide bonds. The number of carbonyl (C=O) groups is 1. The van der Waals surface area contributed by atoms with Crippen molar-refractivity contribution in [1.29, 1.82) is 0 Å². The summed E-state index contributed by atoms with van der Waals surface area (Å²) < 4.78 is 32.0. The number of alkyl halides is 2. The van der Waals surface area contributed by atoms with Crippen LogP contribution in [0.1, 0.15) is 39.3 Å². The summed E-state index contributed by atoms with van der Waals surface area (Å²) in [5.74, 6) is -0.899. The molecule has 0 radical (unpaired) electrons. The minimum absolute atomic E-state index is 0.0119. The molecule has 0 aromatic heterocycles. The molecule has 1 saturated heterocycles. The Kier molecular flexibility index (Phi) is 5.80. The van der Waals surface area contributed by atoms with Gasteiger partial charge in [-0.25, -0.2) is 13.6 Å². The van der Waals surface area contributed by atoms with Gasteiger partial charge in [-0.2, -0.15) is 0 Å². The Hall–Kier alpha value is -1.69. The first kappa shape index (κ1) is 18.6. The summed E-state index contributed by atoms with van der Waals surface area (Å²) in [5.41, 5.74) is 0.420. The zero-order valence-corrected chi connectivity index (χ0v) is 14.6. The summed E-state index contributed by atoms with van der Waals surface area (Å²) in [4.78, 5) is 13.9. The molecule has 0 unspecified atom stereocenters. The van der Waals surface area contributed by atoms with Crippen molar-refractivity contribution in [2.24, 2.45) is 5.92 Å². The van der Waals surface area contributed by atoms with E-state index in [9.17, 15) is 13.6 Å². The summed E-state index contributed by atoms with van der Waals surface area (Å²) in [6.45, 7) is 7.85. The molecule has 1 aromatic rings. The third kappa shape index (κ3) is 4.90. The van der Waals surface area contributed by atoms with E-state index >= 15 is 0 Å². The predicted molar refractivity (Wildman–Crippen MR) is 89.1 cm³/mol. The molecule has 6 heteroatoms. The molecule has 1 heterocycles. The Bertz CT molecular complexity index is 546. The lowest BCUT2D eigenvalue weighted by atomic mass is 10.1. The molecule has 3 atom stereocenters. The van der Waals surface area contributed by atoms with Crippen LogP contribution in [0.4, 0.5) is 13.6 Å². The van der Waals surface area contributed by atoms with Gasteiger partial charge in [0.1, 0.15) is 5.60 Å². The number of rotatable bonds is 4. The van der Waals surface area contributed by atoms with Gasteiger partial charge in [0.25, 0.3) is 0 Å². The number of benzene rings is 1. The predicted octanol–water partition coefficient (Wildman–Crippen LogP) is 3.84. The van der Waals surface area contributed by atoms with Crippen molar-refractivity contribution >= 4 is 6.09 Å². The summed E-state index contributed by atoms with van der Waals surface area (Å²) >= 11 is 0. The number of amides is 1. The summed E-state index contributed by atoms with van der Waals surface area (Å²) in [7, 11) is 0. The third-order valence-corrected chi connectivity index (χ3v) is 4.25. The standard InChI is InChI=1S/C18H26F2N2O2/c1-12(13-8-6-5-7-9-13)22-10-14(16(19)20)15(11-22)21-17(23)24-18(2,3)4/h5-9,12,14-16H,10-11H2,1-4H3,(H,21,23)/t12-,14+,15-/m1/s1. The second-order valence-electron chi connectivity index (χ2n) is 7.29. The fourth-order valence-electron chi connectivity index (χ4n) is 2.99. The maximum Gasteiger partial charge on any atom is 0.407 e. The largest absolute Gasteiger partial charge is 0.444 e. The van der Waals surface area contributed by atoms with Crippen molar-refractivity contribution in [3.05, 3.63) is 35.9 Å². The van der Waals surface area contributed by atoms with E-state index < -0.39 is 30.1 Å². The summed E-state index contributed by atoms with van der Waals surface area (Å²) in [6, 6.07) is 9.15. The van der Waals surface area contributed by atoms with Gasteiger partial charge in [-0.05, 0) is 33.3 Å². The van der Waals surface area contributed by atoms with Crippen molar-refractivity contribution in [3.8, 4) is 0 Å². The van der Waals surface area contributed by atoms with E-state index in [2.05, 4.69) is 5.32 Å². The number of likely N-dealkylation sites (tertiary alicyclic amines) is 1. The summed E-state index contributed by atoms with van der Waals surface area (Å²) in [5, 5.41) is 2.62. The second kappa shape index (κ2) is 7.47. The van der Waals surface area contributed by atoms with Gasteiger partial charge in [-0.3, -0.25) is 4.90 Å². The van der Waals surface area contributed by atoms with Gasteiger partial charge in [0.2, 0.25) is 6.43 Å². The molecular weight excluding hydrogens is 314 g/mol. The van der Waals surface area contributed by atoms with E-state index in [1.54, 1.807) is 20.8 Å². The molecule has 24 heavy (non-hydrogen) atoms. The maximum atomic E-state index is 13.4. The van der Waals surface area contributed by atoms with Crippen LogP contribution >= 0.6 is 0 Å². The minimum Gasteiger partial charge on any atom is -0.444 e. The molecule has 2 rings (SSSR count). The molecule has 0 spiro atoms. The molecule has 1 fully saturated rings. The van der Waals surface area contributed by atoms with Gasteiger partial charge >= 0.3 is 6.09 Å². The van der Waals surface area contributed by atoms with Crippen LogP contribution in [0, 0.1) is 5.92 Å². The van der Waals surface area contributed by atoms with Crippen LogP contribution in [0.3, 0.4) is 0 Å². The molecule has 0 aliphatic carbocycles. The molecule has 1 aliphatic heterocycles. The van der Waals surface area contributed by atoms with Crippen LogP contribution in [0.2, 0.25) is 0 Å². The number of hydrogen-bond acceptors (Lipinski definition) is 3. The Labute approximate surface area is 142 Å². The molecule has 1 aliphatic rings. The number of nitrogens with zero attached hydrogens (tertiary/aromatic N) is 1. The lowest BCUT2D eigenvalue weighted by Crippen LogP contribution is -2.44. The van der Waals surface area contributed by atoms with Crippen molar-refractivity contribution in [2.45, 2.75) is 51.8 Å². The fourth-order valence-corrected chi connectivity index (χ4v) is 2.99. The quantitative estimate of drug-likeness (QED) is 0.905. The van der Waals surface area contributed by atoms with E-state index in [1.165, 1.54) is 0 Å². The highest BCUT2D eigenvalue weighted by Crippen LogP contribution is 2.30. The number of nitrogens with one attached hydrogen (secondary N) is 1. The van der Waals surface area contributed by atoms with Crippen molar-refractivity contribution in [2.75, 3.05) is 13.1 Å².